The first-order valence-corrected chi connectivity index (χ1v) is 5.54. The lowest BCUT2D eigenvalue weighted by atomic mass is 10.1. The van der Waals surface area contributed by atoms with E-state index in [0.717, 1.165) is 17.7 Å². The third kappa shape index (κ3) is 3.53. The third-order valence-electron chi connectivity index (χ3n) is 2.45. The Kier molecular flexibility index (Phi) is 4.05. The minimum Gasteiger partial charge on any atom is -0.494 e. The van der Waals surface area contributed by atoms with Gasteiger partial charge in [0.15, 0.2) is 0 Å². The number of benzene rings is 1. The maximum Gasteiger partial charge on any atom is 0.119 e. The van der Waals surface area contributed by atoms with Gasteiger partial charge in [-0.05, 0) is 12.1 Å². The fourth-order valence-electron chi connectivity index (χ4n) is 1.49. The van der Waals surface area contributed by atoms with Crippen LogP contribution in [-0.4, -0.2) is 16.6 Å². The van der Waals surface area contributed by atoms with Crippen molar-refractivity contribution < 1.29 is 4.74 Å². The van der Waals surface area contributed by atoms with E-state index in [1.54, 1.807) is 12.4 Å². The number of hydrogen-bond donors (Lipinski definition) is 1. The number of nitrogens with two attached hydrogens (primary N) is 1. The highest BCUT2D eigenvalue weighted by Crippen LogP contribution is 2.13. The van der Waals surface area contributed by atoms with Gasteiger partial charge < -0.3 is 10.5 Å². The number of nitrogens with zero attached hydrogens (tertiary/aromatic N) is 2. The zero-order valence-corrected chi connectivity index (χ0v) is 9.49. The van der Waals surface area contributed by atoms with Crippen LogP contribution in [0.2, 0.25) is 0 Å². The Bertz CT molecular complexity index is 433. The second-order valence-electron chi connectivity index (χ2n) is 3.73. The highest BCUT2D eigenvalue weighted by atomic mass is 16.5. The second kappa shape index (κ2) is 5.96. The van der Waals surface area contributed by atoms with Gasteiger partial charge in [-0.1, -0.05) is 18.2 Å². The summed E-state index contributed by atoms with van der Waals surface area (Å²) < 4.78 is 5.58. The lowest BCUT2D eigenvalue weighted by molar-refractivity contribution is 0.298. The topological polar surface area (TPSA) is 61.0 Å². The van der Waals surface area contributed by atoms with E-state index in [4.69, 9.17) is 10.5 Å². The van der Waals surface area contributed by atoms with E-state index in [1.165, 1.54) is 6.33 Å². The van der Waals surface area contributed by atoms with Crippen molar-refractivity contribution in [3.05, 3.63) is 54.6 Å². The molecule has 0 amide bonds. The molecule has 4 heteroatoms. The van der Waals surface area contributed by atoms with Crippen LogP contribution < -0.4 is 10.5 Å². The van der Waals surface area contributed by atoms with Crippen LogP contribution in [0, 0.1) is 0 Å². The van der Waals surface area contributed by atoms with Crippen molar-refractivity contribution in [3.8, 4) is 5.75 Å². The Morgan fingerprint density at radius 2 is 1.82 bits per heavy atom. The van der Waals surface area contributed by atoms with Gasteiger partial charge in [-0.25, -0.2) is 9.97 Å². The van der Waals surface area contributed by atoms with Crippen LogP contribution >= 0.6 is 0 Å². The number of para-hydroxylation sites is 1. The Hall–Kier alpha value is -1.94. The normalized spacial score (nSPS) is 12.1. The van der Waals surface area contributed by atoms with Crippen molar-refractivity contribution >= 4 is 0 Å². The first kappa shape index (κ1) is 11.5. The zero-order chi connectivity index (χ0) is 11.9. The predicted octanol–water partition coefficient (Wildman–Crippen LogP) is 1.95. The average molecular weight is 229 g/mol. The van der Waals surface area contributed by atoms with Crippen LogP contribution in [0.4, 0.5) is 0 Å². The van der Waals surface area contributed by atoms with Crippen LogP contribution in [0.25, 0.3) is 0 Å². The monoisotopic (exact) mass is 229 g/mol. The van der Waals surface area contributed by atoms with E-state index in [-0.39, 0.29) is 6.04 Å². The summed E-state index contributed by atoms with van der Waals surface area (Å²) in [4.78, 5) is 7.88. The van der Waals surface area contributed by atoms with E-state index in [0.29, 0.717) is 6.61 Å². The Balaban J connectivity index is 1.79. The first-order chi connectivity index (χ1) is 8.36. The number of hydrogen-bond acceptors (Lipinski definition) is 4. The smallest absolute Gasteiger partial charge is 0.119 e. The molecule has 0 radical (unpaired) electrons. The summed E-state index contributed by atoms with van der Waals surface area (Å²) in [6.45, 7) is 0.583. The molecule has 2 aromatic rings. The van der Waals surface area contributed by atoms with Crippen LogP contribution in [0.15, 0.2) is 49.1 Å². The maximum absolute atomic E-state index is 6.00. The molecule has 2 N–H and O–H groups in total. The van der Waals surface area contributed by atoms with Crippen molar-refractivity contribution in [2.24, 2.45) is 5.73 Å². The molecule has 2 rings (SSSR count). The van der Waals surface area contributed by atoms with Crippen molar-refractivity contribution in [2.75, 3.05) is 6.61 Å². The van der Waals surface area contributed by atoms with Gasteiger partial charge in [0.05, 0.1) is 6.61 Å². The Morgan fingerprint density at radius 1 is 1.12 bits per heavy atom. The zero-order valence-electron chi connectivity index (χ0n) is 9.49. The predicted molar refractivity (Wildman–Crippen MR) is 65.5 cm³/mol. The molecule has 0 aliphatic rings. The van der Waals surface area contributed by atoms with Crippen molar-refractivity contribution in [3.63, 3.8) is 0 Å². The Morgan fingerprint density at radius 3 is 2.53 bits per heavy atom. The summed E-state index contributed by atoms with van der Waals surface area (Å²) in [6.07, 6.45) is 5.71. The van der Waals surface area contributed by atoms with Gasteiger partial charge in [-0.15, -0.1) is 0 Å². The lowest BCUT2D eigenvalue weighted by Gasteiger charge is -2.11. The Labute approximate surface area is 100 Å². The second-order valence-corrected chi connectivity index (χ2v) is 3.73. The lowest BCUT2D eigenvalue weighted by Crippen LogP contribution is -2.14. The number of ether oxygens (including phenoxy) is 1. The van der Waals surface area contributed by atoms with Gasteiger partial charge >= 0.3 is 0 Å². The summed E-state index contributed by atoms with van der Waals surface area (Å²) in [5, 5.41) is 0. The maximum atomic E-state index is 6.00. The van der Waals surface area contributed by atoms with Crippen molar-refractivity contribution in [2.45, 2.75) is 12.5 Å². The molecule has 0 saturated carbocycles. The summed E-state index contributed by atoms with van der Waals surface area (Å²) in [7, 11) is 0. The largest absolute Gasteiger partial charge is 0.494 e. The molecule has 1 aromatic carbocycles. The van der Waals surface area contributed by atoms with E-state index in [9.17, 15) is 0 Å². The van der Waals surface area contributed by atoms with E-state index < -0.39 is 0 Å². The molecule has 4 nitrogen and oxygen atoms in total. The quantitative estimate of drug-likeness (QED) is 0.851. The number of aromatic nitrogens is 2. The molecule has 88 valence electrons. The van der Waals surface area contributed by atoms with Gasteiger partial charge in [-0.2, -0.15) is 0 Å². The molecular formula is C13H15N3O. The molecule has 0 fully saturated rings. The van der Waals surface area contributed by atoms with Gasteiger partial charge in [0, 0.05) is 30.4 Å². The minimum absolute atomic E-state index is 0.0834. The minimum atomic E-state index is -0.0834. The van der Waals surface area contributed by atoms with Crippen LogP contribution in [0.1, 0.15) is 18.0 Å². The standard InChI is InChI=1S/C13H15N3O/c14-13(11-8-15-10-16-9-11)6-7-17-12-4-2-1-3-5-12/h1-5,8-10,13H,6-7,14H2. The van der Waals surface area contributed by atoms with Gasteiger partial charge in [0.2, 0.25) is 0 Å². The van der Waals surface area contributed by atoms with Crippen molar-refractivity contribution in [1.82, 2.24) is 9.97 Å². The summed E-state index contributed by atoms with van der Waals surface area (Å²) in [5.74, 6) is 0.865. The summed E-state index contributed by atoms with van der Waals surface area (Å²) in [5.41, 5.74) is 6.93. The van der Waals surface area contributed by atoms with Crippen molar-refractivity contribution in [1.29, 1.82) is 0 Å². The molecule has 0 aliphatic heterocycles. The van der Waals surface area contributed by atoms with Crippen LogP contribution in [-0.2, 0) is 0 Å². The third-order valence-corrected chi connectivity index (χ3v) is 2.45. The fourth-order valence-corrected chi connectivity index (χ4v) is 1.49. The summed E-state index contributed by atoms with van der Waals surface area (Å²) in [6, 6.07) is 9.62. The molecule has 0 aliphatic carbocycles. The van der Waals surface area contributed by atoms with E-state index in [1.807, 2.05) is 30.3 Å². The molecule has 0 bridgehead atoms. The highest BCUT2D eigenvalue weighted by molar-refractivity contribution is 5.20. The molecule has 17 heavy (non-hydrogen) atoms. The average Bonchev–Trinajstić information content (AvgIpc) is 2.41. The molecule has 0 spiro atoms. The summed E-state index contributed by atoms with van der Waals surface area (Å²) >= 11 is 0. The molecule has 1 unspecified atom stereocenters. The van der Waals surface area contributed by atoms with Gasteiger partial charge in [0.1, 0.15) is 12.1 Å². The fraction of sp³-hybridized carbons (Fsp3) is 0.231. The molecular weight excluding hydrogens is 214 g/mol. The first-order valence-electron chi connectivity index (χ1n) is 5.54. The van der Waals surface area contributed by atoms with Crippen LogP contribution in [0.5, 0.6) is 5.75 Å². The van der Waals surface area contributed by atoms with E-state index in [2.05, 4.69) is 9.97 Å². The number of rotatable bonds is 5. The molecule has 0 saturated heterocycles. The van der Waals surface area contributed by atoms with E-state index >= 15 is 0 Å². The van der Waals surface area contributed by atoms with Gasteiger partial charge in [-0.3, -0.25) is 0 Å². The van der Waals surface area contributed by atoms with Gasteiger partial charge in [0.25, 0.3) is 0 Å². The molecule has 1 heterocycles. The molecule has 1 atom stereocenters. The highest BCUT2D eigenvalue weighted by Gasteiger charge is 2.06. The molecule has 1 aromatic heterocycles. The van der Waals surface area contributed by atoms with Crippen LogP contribution in [0.3, 0.4) is 0 Å². The SMILES string of the molecule is NC(CCOc1ccccc1)c1cncnc1.